The van der Waals surface area contributed by atoms with E-state index in [0.29, 0.717) is 33.4 Å². The van der Waals surface area contributed by atoms with Gasteiger partial charge in [-0.15, -0.1) is 0 Å². The van der Waals surface area contributed by atoms with Crippen LogP contribution in [0.25, 0.3) is 33.2 Å². The highest BCUT2D eigenvalue weighted by molar-refractivity contribution is 7.90. The van der Waals surface area contributed by atoms with Gasteiger partial charge < -0.3 is 9.15 Å². The van der Waals surface area contributed by atoms with Crippen LogP contribution in [-0.2, 0) is 14.8 Å². The van der Waals surface area contributed by atoms with E-state index in [1.807, 2.05) is 37.3 Å². The summed E-state index contributed by atoms with van der Waals surface area (Å²) >= 11 is 0. The summed E-state index contributed by atoms with van der Waals surface area (Å²) in [4.78, 5) is 12.3. The minimum Gasteiger partial charge on any atom is -0.465 e. The number of aryl methyl sites for hydroxylation is 1. The van der Waals surface area contributed by atoms with Crippen LogP contribution < -0.4 is 0 Å². The number of benzene rings is 3. The molecule has 5 aromatic rings. The number of aromatic nitrogens is 1. The zero-order valence-corrected chi connectivity index (χ0v) is 18.2. The van der Waals surface area contributed by atoms with Crippen LogP contribution in [0.1, 0.15) is 15.9 Å². The molecule has 5 rings (SSSR count). The molecule has 0 spiro atoms. The fourth-order valence-corrected chi connectivity index (χ4v) is 5.15. The number of ether oxygens (including phenoxy) is 1. The molecule has 32 heavy (non-hydrogen) atoms. The van der Waals surface area contributed by atoms with Gasteiger partial charge in [-0.2, -0.15) is 0 Å². The number of hydrogen-bond acceptors (Lipinski definition) is 5. The number of carbonyl (C=O) groups is 1. The Morgan fingerprint density at radius 2 is 1.72 bits per heavy atom. The van der Waals surface area contributed by atoms with Crippen molar-refractivity contribution in [2.45, 2.75) is 11.8 Å². The predicted octanol–water partition coefficient (Wildman–Crippen LogP) is 5.39. The number of hydrogen-bond donors (Lipinski definition) is 0. The number of fused-ring (bicyclic) bond motifs is 2. The lowest BCUT2D eigenvalue weighted by atomic mass is 10.1. The maximum absolute atomic E-state index is 13.5. The van der Waals surface area contributed by atoms with E-state index in [1.165, 1.54) is 11.1 Å². The second-order valence-electron chi connectivity index (χ2n) is 7.53. The SMILES string of the molecule is COC(=O)c1ccc2c(c1)c(-c1cc3ccccc3o1)cn2S(=O)(=O)c1ccc(C)cc1. The molecule has 6 nitrogen and oxygen atoms in total. The molecule has 7 heteroatoms. The van der Waals surface area contributed by atoms with Crippen molar-refractivity contribution in [2.24, 2.45) is 0 Å². The largest absolute Gasteiger partial charge is 0.465 e. The van der Waals surface area contributed by atoms with Gasteiger partial charge in [-0.05, 0) is 49.4 Å². The third-order valence-electron chi connectivity index (χ3n) is 5.46. The minimum absolute atomic E-state index is 0.174. The minimum atomic E-state index is -3.88. The van der Waals surface area contributed by atoms with Gasteiger partial charge in [-0.1, -0.05) is 35.9 Å². The molecule has 0 aliphatic rings. The smallest absolute Gasteiger partial charge is 0.337 e. The Bertz CT molecular complexity index is 1560. The molecule has 0 atom stereocenters. The van der Waals surface area contributed by atoms with Crippen molar-refractivity contribution in [2.75, 3.05) is 7.11 Å². The number of esters is 1. The van der Waals surface area contributed by atoms with Gasteiger partial charge in [0.05, 0.1) is 23.1 Å². The molecule has 0 N–H and O–H groups in total. The van der Waals surface area contributed by atoms with Crippen LogP contribution in [0.2, 0.25) is 0 Å². The number of furan rings is 1. The molecule has 0 amide bonds. The first kappa shape index (κ1) is 20.1. The van der Waals surface area contributed by atoms with E-state index >= 15 is 0 Å². The summed E-state index contributed by atoms with van der Waals surface area (Å²) in [5, 5.41) is 1.47. The average Bonchev–Trinajstić information content (AvgIpc) is 3.40. The lowest BCUT2D eigenvalue weighted by molar-refractivity contribution is 0.0601. The fourth-order valence-electron chi connectivity index (χ4n) is 3.78. The molecule has 3 aromatic carbocycles. The Morgan fingerprint density at radius 1 is 0.969 bits per heavy atom. The quantitative estimate of drug-likeness (QED) is 0.347. The summed E-state index contributed by atoms with van der Waals surface area (Å²) < 4.78 is 39.1. The van der Waals surface area contributed by atoms with Gasteiger partial charge in [0.25, 0.3) is 10.0 Å². The van der Waals surface area contributed by atoms with Crippen molar-refractivity contribution in [3.8, 4) is 11.3 Å². The van der Waals surface area contributed by atoms with Crippen molar-refractivity contribution < 1.29 is 22.4 Å². The zero-order chi connectivity index (χ0) is 22.5. The van der Waals surface area contributed by atoms with E-state index in [9.17, 15) is 13.2 Å². The van der Waals surface area contributed by atoms with Gasteiger partial charge >= 0.3 is 5.97 Å². The lowest BCUT2D eigenvalue weighted by Crippen LogP contribution is -2.12. The van der Waals surface area contributed by atoms with E-state index in [1.54, 1.807) is 48.7 Å². The Hall–Kier alpha value is -3.84. The maximum Gasteiger partial charge on any atom is 0.337 e. The summed E-state index contributed by atoms with van der Waals surface area (Å²) in [7, 11) is -2.57. The van der Waals surface area contributed by atoms with Crippen molar-refractivity contribution in [3.05, 3.63) is 90.1 Å². The summed E-state index contributed by atoms with van der Waals surface area (Å²) in [6.45, 7) is 1.90. The van der Waals surface area contributed by atoms with Gasteiger partial charge in [-0.25, -0.2) is 17.2 Å². The number of para-hydroxylation sites is 1. The van der Waals surface area contributed by atoms with Crippen LogP contribution in [0.15, 0.2) is 88.3 Å². The Kier molecular flexibility index (Phi) is 4.64. The molecule has 160 valence electrons. The highest BCUT2D eigenvalue weighted by atomic mass is 32.2. The Morgan fingerprint density at radius 3 is 2.44 bits per heavy atom. The zero-order valence-electron chi connectivity index (χ0n) is 17.4. The highest BCUT2D eigenvalue weighted by Gasteiger charge is 2.24. The highest BCUT2D eigenvalue weighted by Crippen LogP contribution is 2.36. The van der Waals surface area contributed by atoms with E-state index in [0.717, 1.165) is 10.9 Å². The number of carbonyl (C=O) groups excluding carboxylic acids is 1. The second-order valence-corrected chi connectivity index (χ2v) is 9.34. The van der Waals surface area contributed by atoms with Crippen LogP contribution >= 0.6 is 0 Å². The fraction of sp³-hybridized carbons (Fsp3) is 0.0800. The summed E-state index contributed by atoms with van der Waals surface area (Å²) in [5.41, 5.74) is 2.98. The third-order valence-corrected chi connectivity index (χ3v) is 7.15. The topological polar surface area (TPSA) is 78.5 Å². The summed E-state index contributed by atoms with van der Waals surface area (Å²) in [6, 6.07) is 20.9. The Labute approximate surface area is 184 Å². The van der Waals surface area contributed by atoms with E-state index in [4.69, 9.17) is 9.15 Å². The van der Waals surface area contributed by atoms with Crippen molar-refractivity contribution in [1.29, 1.82) is 0 Å². The monoisotopic (exact) mass is 445 g/mol. The van der Waals surface area contributed by atoms with Crippen molar-refractivity contribution in [1.82, 2.24) is 3.97 Å². The standard InChI is InChI=1S/C25H19NO5S/c1-16-7-10-19(11-8-16)32(28,29)26-15-21(24-14-17-5-3-4-6-23(17)31-24)20-13-18(25(27)30-2)9-12-22(20)26/h3-15H,1-2H3. The molecule has 0 saturated carbocycles. The summed E-state index contributed by atoms with van der Waals surface area (Å²) in [5.74, 6) is 0.00710. The molecule has 0 bridgehead atoms. The molecular formula is C25H19NO5S. The van der Waals surface area contributed by atoms with Gasteiger partial charge in [0, 0.05) is 22.5 Å². The van der Waals surface area contributed by atoms with Gasteiger partial charge in [0.15, 0.2) is 0 Å². The molecule has 0 unspecified atom stereocenters. The number of nitrogens with zero attached hydrogens (tertiary/aromatic N) is 1. The first-order valence-electron chi connectivity index (χ1n) is 9.93. The molecule has 0 saturated heterocycles. The molecule has 2 aromatic heterocycles. The maximum atomic E-state index is 13.5. The molecule has 0 radical (unpaired) electrons. The molecule has 0 aliphatic heterocycles. The predicted molar refractivity (Wildman–Crippen MR) is 122 cm³/mol. The normalized spacial score (nSPS) is 11.8. The van der Waals surface area contributed by atoms with Crippen molar-refractivity contribution in [3.63, 3.8) is 0 Å². The van der Waals surface area contributed by atoms with E-state index in [2.05, 4.69) is 0 Å². The number of methoxy groups -OCH3 is 1. The van der Waals surface area contributed by atoms with Crippen LogP contribution in [0.3, 0.4) is 0 Å². The number of rotatable bonds is 4. The van der Waals surface area contributed by atoms with Crippen LogP contribution in [0.4, 0.5) is 0 Å². The lowest BCUT2D eigenvalue weighted by Gasteiger charge is -2.08. The van der Waals surface area contributed by atoms with Crippen molar-refractivity contribution >= 4 is 37.9 Å². The van der Waals surface area contributed by atoms with Crippen LogP contribution in [0, 0.1) is 6.92 Å². The van der Waals surface area contributed by atoms with Gasteiger partial charge in [0.1, 0.15) is 11.3 Å². The van der Waals surface area contributed by atoms with Gasteiger partial charge in [0.2, 0.25) is 0 Å². The second kappa shape index (κ2) is 7.39. The summed E-state index contributed by atoms with van der Waals surface area (Å²) in [6.07, 6.45) is 1.54. The molecular weight excluding hydrogens is 426 g/mol. The molecule has 0 fully saturated rings. The molecule has 2 heterocycles. The van der Waals surface area contributed by atoms with Crippen LogP contribution in [0.5, 0.6) is 0 Å². The average molecular weight is 445 g/mol. The first-order chi connectivity index (χ1) is 15.4. The van der Waals surface area contributed by atoms with Gasteiger partial charge in [-0.3, -0.25) is 0 Å². The Balaban J connectivity index is 1.79. The van der Waals surface area contributed by atoms with E-state index in [-0.39, 0.29) is 4.90 Å². The first-order valence-corrected chi connectivity index (χ1v) is 11.4. The third kappa shape index (κ3) is 3.18. The molecule has 0 aliphatic carbocycles. The van der Waals surface area contributed by atoms with E-state index < -0.39 is 16.0 Å². The van der Waals surface area contributed by atoms with Crippen LogP contribution in [-0.4, -0.2) is 25.5 Å².